The van der Waals surface area contributed by atoms with Crippen molar-refractivity contribution in [2.75, 3.05) is 30.3 Å². The summed E-state index contributed by atoms with van der Waals surface area (Å²) in [6.07, 6.45) is 4.33. The first-order chi connectivity index (χ1) is 26.1. The van der Waals surface area contributed by atoms with E-state index >= 15 is 0 Å². The van der Waals surface area contributed by atoms with Crippen molar-refractivity contribution in [2.24, 2.45) is 12.5 Å². The molecule has 1 saturated heterocycles. The van der Waals surface area contributed by atoms with Gasteiger partial charge in [-0.3, -0.25) is 19.5 Å². The van der Waals surface area contributed by atoms with E-state index in [-0.39, 0.29) is 12.4 Å². The number of anilines is 3. The zero-order valence-corrected chi connectivity index (χ0v) is 32.6. The quantitative estimate of drug-likeness (QED) is 0.144. The van der Waals surface area contributed by atoms with Crippen LogP contribution in [0, 0.1) is 12.3 Å². The molecule has 0 saturated carbocycles. The molecule has 0 radical (unpaired) electrons. The zero-order valence-electron chi connectivity index (χ0n) is 31.9. The van der Waals surface area contributed by atoms with Crippen LogP contribution in [0.25, 0.3) is 22.0 Å². The highest BCUT2D eigenvalue weighted by atomic mass is 35.5. The number of carbonyl (C=O) groups excluding carboxylic acids is 2. The van der Waals surface area contributed by atoms with Crippen LogP contribution < -0.4 is 10.6 Å². The van der Waals surface area contributed by atoms with Crippen LogP contribution in [-0.2, 0) is 36.1 Å². The number of fused-ring (bicyclic) bond motifs is 2. The largest absolute Gasteiger partial charge is 0.481 e. The van der Waals surface area contributed by atoms with Crippen molar-refractivity contribution in [3.8, 4) is 11.1 Å². The summed E-state index contributed by atoms with van der Waals surface area (Å²) in [5.41, 5.74) is 5.72. The molecule has 3 N–H and O–H groups in total. The number of nitrogens with one attached hydrogen (secondary N) is 2. The Morgan fingerprint density at radius 3 is 2.51 bits per heavy atom. The molecule has 1 unspecified atom stereocenters. The maximum absolute atomic E-state index is 13.6. The Balaban J connectivity index is 1.08. The summed E-state index contributed by atoms with van der Waals surface area (Å²) in [5.74, 6) is -0.350. The van der Waals surface area contributed by atoms with E-state index in [1.54, 1.807) is 35.7 Å². The topological polar surface area (TPSA) is 155 Å². The Hall–Kier alpha value is -5.53. The van der Waals surface area contributed by atoms with E-state index in [2.05, 4.69) is 31.6 Å². The first-order valence-corrected chi connectivity index (χ1v) is 18.7. The van der Waals surface area contributed by atoms with Gasteiger partial charge in [0.05, 0.1) is 28.4 Å². The van der Waals surface area contributed by atoms with Gasteiger partial charge < -0.3 is 29.9 Å². The fourth-order valence-electron chi connectivity index (χ4n) is 7.33. The standard InChI is InChI=1S/C41H45ClN8O5/c1-24-27(9-7-11-29(24)45-35-34-26(13-16-43-35)19-25(20-44-34)21-49-18-15-41(5,23-49)38(52)53)28-10-8-12-30(33(28)42)47-37(51)36-46-31-22-50(17-14-32(31)48(36)6)39(54)55-40(2,3)4/h7-13,16,19-20H,14-15,17-18,21-23H2,1-6H3,(H,43,45)(H,47,51)(H,52,53). The Morgan fingerprint density at radius 2 is 1.78 bits per heavy atom. The van der Waals surface area contributed by atoms with Crippen LogP contribution in [0.15, 0.2) is 60.9 Å². The molecule has 7 rings (SSSR count). The summed E-state index contributed by atoms with van der Waals surface area (Å²) in [7, 11) is 1.80. The number of pyridine rings is 2. The molecule has 0 aliphatic carbocycles. The molecule has 13 nitrogen and oxygen atoms in total. The van der Waals surface area contributed by atoms with Crippen LogP contribution in [0.2, 0.25) is 5.02 Å². The van der Waals surface area contributed by atoms with Crippen molar-refractivity contribution in [1.29, 1.82) is 0 Å². The van der Waals surface area contributed by atoms with Crippen LogP contribution in [0.5, 0.6) is 0 Å². The van der Waals surface area contributed by atoms with Gasteiger partial charge in [0.1, 0.15) is 11.1 Å². The first-order valence-electron chi connectivity index (χ1n) is 18.3. The van der Waals surface area contributed by atoms with Gasteiger partial charge in [0.25, 0.3) is 5.91 Å². The van der Waals surface area contributed by atoms with Gasteiger partial charge in [-0.25, -0.2) is 14.8 Å². The van der Waals surface area contributed by atoms with Crippen molar-refractivity contribution < 1.29 is 24.2 Å². The lowest BCUT2D eigenvalue weighted by atomic mass is 9.90. The minimum Gasteiger partial charge on any atom is -0.481 e. The molecule has 0 bridgehead atoms. The number of benzene rings is 2. The number of carboxylic acids is 1. The van der Waals surface area contributed by atoms with Gasteiger partial charge in [0.15, 0.2) is 11.6 Å². The number of amides is 2. The number of aromatic nitrogens is 4. The Kier molecular flexibility index (Phi) is 10.0. The number of likely N-dealkylation sites (tertiary alicyclic amines) is 1. The van der Waals surface area contributed by atoms with E-state index in [1.165, 1.54) is 0 Å². The second-order valence-corrected chi connectivity index (χ2v) is 16.0. The first kappa shape index (κ1) is 37.8. The molecule has 5 heterocycles. The number of imidazole rings is 1. The molecule has 2 amide bonds. The summed E-state index contributed by atoms with van der Waals surface area (Å²) < 4.78 is 7.32. The molecule has 14 heteroatoms. The number of aliphatic carboxylic acids is 1. The van der Waals surface area contributed by atoms with Crippen LogP contribution in [-0.4, -0.2) is 77.6 Å². The third kappa shape index (κ3) is 7.72. The van der Waals surface area contributed by atoms with Crippen LogP contribution in [0.3, 0.4) is 0 Å². The van der Waals surface area contributed by atoms with Crippen molar-refractivity contribution in [3.05, 3.63) is 94.3 Å². The van der Waals surface area contributed by atoms with Gasteiger partial charge >= 0.3 is 12.1 Å². The molecule has 0 spiro atoms. The number of carboxylic acid groups (broad SMARTS) is 1. The highest BCUT2D eigenvalue weighted by molar-refractivity contribution is 6.36. The molecule has 286 valence electrons. The van der Waals surface area contributed by atoms with E-state index < -0.39 is 29.0 Å². The molecule has 1 atom stereocenters. The number of hydrogen-bond donors (Lipinski definition) is 3. The normalized spacial score (nSPS) is 17.3. The molecule has 55 heavy (non-hydrogen) atoms. The van der Waals surface area contributed by atoms with E-state index in [0.29, 0.717) is 60.2 Å². The number of halogens is 1. The lowest BCUT2D eigenvalue weighted by molar-refractivity contribution is -0.147. The predicted octanol–water partition coefficient (Wildman–Crippen LogP) is 7.58. The van der Waals surface area contributed by atoms with E-state index in [4.69, 9.17) is 21.3 Å². The predicted molar refractivity (Wildman–Crippen MR) is 212 cm³/mol. The second kappa shape index (κ2) is 14.6. The number of rotatable bonds is 8. The minimum atomic E-state index is -0.760. The maximum atomic E-state index is 13.6. The highest BCUT2D eigenvalue weighted by Crippen LogP contribution is 2.39. The van der Waals surface area contributed by atoms with Crippen LogP contribution in [0.1, 0.15) is 67.2 Å². The fourth-order valence-corrected chi connectivity index (χ4v) is 7.60. The summed E-state index contributed by atoms with van der Waals surface area (Å²) in [6, 6.07) is 15.4. The Bertz CT molecular complexity index is 2340. The average Bonchev–Trinajstić information content (AvgIpc) is 3.68. The van der Waals surface area contributed by atoms with E-state index in [0.717, 1.165) is 45.6 Å². The smallest absolute Gasteiger partial charge is 0.410 e. The van der Waals surface area contributed by atoms with E-state index in [9.17, 15) is 19.5 Å². The van der Waals surface area contributed by atoms with Gasteiger partial charge in [-0.1, -0.05) is 35.9 Å². The lowest BCUT2D eigenvalue weighted by Crippen LogP contribution is -2.40. The zero-order chi connectivity index (χ0) is 39.2. The molecule has 3 aromatic heterocycles. The lowest BCUT2D eigenvalue weighted by Gasteiger charge is -2.29. The maximum Gasteiger partial charge on any atom is 0.410 e. The molecular weight excluding hydrogens is 720 g/mol. The van der Waals surface area contributed by atoms with Crippen molar-refractivity contribution in [3.63, 3.8) is 0 Å². The van der Waals surface area contributed by atoms with Gasteiger partial charge in [-0.15, -0.1) is 0 Å². The molecular formula is C41H45ClN8O5. The third-order valence-electron chi connectivity index (χ3n) is 10.4. The minimum absolute atomic E-state index is 0.223. The number of hydrogen-bond acceptors (Lipinski definition) is 9. The van der Waals surface area contributed by atoms with E-state index in [1.807, 2.05) is 70.3 Å². The van der Waals surface area contributed by atoms with Gasteiger partial charge in [0.2, 0.25) is 0 Å². The Morgan fingerprint density at radius 1 is 1.04 bits per heavy atom. The summed E-state index contributed by atoms with van der Waals surface area (Å²) in [4.78, 5) is 55.8. The summed E-state index contributed by atoms with van der Waals surface area (Å²) in [6.45, 7) is 11.9. The van der Waals surface area contributed by atoms with Gasteiger partial charge in [-0.2, -0.15) is 0 Å². The molecule has 5 aromatic rings. The third-order valence-corrected chi connectivity index (χ3v) is 10.8. The highest BCUT2D eigenvalue weighted by Gasteiger charge is 2.40. The number of ether oxygens (including phenoxy) is 1. The fraction of sp³-hybridized carbons (Fsp3) is 0.366. The SMILES string of the molecule is Cc1c(Nc2nccc3cc(CN4CCC(C)(C(=O)O)C4)cnc23)cccc1-c1cccc(NC(=O)c2nc3c(n2C)CCN(C(=O)OC(C)(C)C)C3)c1Cl. The van der Waals surface area contributed by atoms with Gasteiger partial charge in [0, 0.05) is 67.8 Å². The number of nitrogens with zero attached hydrogens (tertiary/aromatic N) is 6. The second-order valence-electron chi connectivity index (χ2n) is 15.7. The van der Waals surface area contributed by atoms with Crippen molar-refractivity contribution in [1.82, 2.24) is 29.3 Å². The van der Waals surface area contributed by atoms with Crippen molar-refractivity contribution in [2.45, 2.75) is 66.2 Å². The van der Waals surface area contributed by atoms with Crippen LogP contribution in [0.4, 0.5) is 22.0 Å². The van der Waals surface area contributed by atoms with Crippen molar-refractivity contribution >= 4 is 57.7 Å². The number of carbonyl (C=O) groups is 3. The summed E-state index contributed by atoms with van der Waals surface area (Å²) in [5, 5.41) is 17.4. The van der Waals surface area contributed by atoms with Gasteiger partial charge in [-0.05, 0) is 88.5 Å². The molecule has 2 aliphatic rings. The average molecular weight is 765 g/mol. The van der Waals surface area contributed by atoms with Crippen LogP contribution >= 0.6 is 11.6 Å². The summed E-state index contributed by atoms with van der Waals surface area (Å²) >= 11 is 7.02. The molecule has 1 fully saturated rings. The molecule has 2 aliphatic heterocycles. The monoisotopic (exact) mass is 764 g/mol. The Labute approximate surface area is 324 Å². The molecule has 2 aromatic carbocycles.